The Morgan fingerprint density at radius 1 is 1.44 bits per heavy atom. The number of aromatic nitrogens is 1. The average molecular weight is 312 g/mol. The van der Waals surface area contributed by atoms with Crippen LogP contribution in [0.25, 0.3) is 0 Å². The van der Waals surface area contributed by atoms with Gasteiger partial charge in [-0.2, -0.15) is 0 Å². The fourth-order valence-corrected chi connectivity index (χ4v) is 2.06. The van der Waals surface area contributed by atoms with Crippen LogP contribution in [-0.2, 0) is 11.2 Å². The van der Waals surface area contributed by atoms with E-state index in [1.807, 2.05) is 10.9 Å². The summed E-state index contributed by atoms with van der Waals surface area (Å²) in [5, 5.41) is 8.05. The summed E-state index contributed by atoms with van der Waals surface area (Å²) in [4.78, 5) is 15.5. The molecule has 0 unspecified atom stereocenters. The zero-order valence-corrected chi connectivity index (χ0v) is 12.5. The maximum absolute atomic E-state index is 11.4. The van der Waals surface area contributed by atoms with Crippen molar-refractivity contribution in [2.24, 2.45) is 5.92 Å². The van der Waals surface area contributed by atoms with Crippen molar-refractivity contribution in [2.75, 3.05) is 19.6 Å². The van der Waals surface area contributed by atoms with E-state index >= 15 is 0 Å². The molecule has 104 valence electrons. The van der Waals surface area contributed by atoms with E-state index in [1.54, 1.807) is 11.3 Å². The number of halogens is 2. The summed E-state index contributed by atoms with van der Waals surface area (Å²) in [6.07, 6.45) is 3.45. The molecule has 1 heterocycles. The summed E-state index contributed by atoms with van der Waals surface area (Å²) < 4.78 is 0. The van der Waals surface area contributed by atoms with Crippen LogP contribution < -0.4 is 10.6 Å². The van der Waals surface area contributed by atoms with Gasteiger partial charge in [-0.25, -0.2) is 4.98 Å². The quantitative estimate of drug-likeness (QED) is 0.805. The summed E-state index contributed by atoms with van der Waals surface area (Å²) in [6.45, 7) is 2.10. The second-order valence-corrected chi connectivity index (χ2v) is 4.87. The molecule has 0 bridgehead atoms. The molecule has 2 rings (SSSR count). The van der Waals surface area contributed by atoms with Crippen molar-refractivity contribution in [1.29, 1.82) is 0 Å². The second kappa shape index (κ2) is 9.55. The first kappa shape index (κ1) is 17.6. The predicted octanol–water partition coefficient (Wildman–Crippen LogP) is 1.64. The van der Waals surface area contributed by atoms with Gasteiger partial charge < -0.3 is 10.6 Å². The van der Waals surface area contributed by atoms with Crippen molar-refractivity contribution in [3.05, 3.63) is 16.6 Å². The van der Waals surface area contributed by atoms with Crippen LogP contribution in [0.4, 0.5) is 0 Å². The lowest BCUT2D eigenvalue weighted by Crippen LogP contribution is -2.35. The molecule has 18 heavy (non-hydrogen) atoms. The Labute approximate surface area is 124 Å². The molecular formula is C11H19Cl2N3OS. The number of thiazole rings is 1. The minimum Gasteiger partial charge on any atom is -0.355 e. The van der Waals surface area contributed by atoms with Gasteiger partial charge in [0.05, 0.1) is 17.7 Å². The third-order valence-corrected chi connectivity index (χ3v) is 3.24. The van der Waals surface area contributed by atoms with Crippen LogP contribution in [0.5, 0.6) is 0 Å². The fraction of sp³-hybridized carbons (Fsp3) is 0.636. The lowest BCUT2D eigenvalue weighted by atomic mass is 10.3. The molecule has 1 amide bonds. The maximum Gasteiger partial charge on any atom is 0.233 e. The largest absolute Gasteiger partial charge is 0.355 e. The van der Waals surface area contributed by atoms with E-state index in [0.29, 0.717) is 13.1 Å². The molecule has 0 aliphatic heterocycles. The summed E-state index contributed by atoms with van der Waals surface area (Å²) in [5.41, 5.74) is 2.87. The highest BCUT2D eigenvalue weighted by atomic mass is 35.5. The number of amides is 1. The lowest BCUT2D eigenvalue weighted by Gasteiger charge is -2.05. The van der Waals surface area contributed by atoms with Gasteiger partial charge in [0.2, 0.25) is 5.91 Å². The predicted molar refractivity (Wildman–Crippen MR) is 78.9 cm³/mol. The molecule has 2 N–H and O–H groups in total. The first-order valence-corrected chi connectivity index (χ1v) is 6.63. The molecule has 0 aromatic carbocycles. The Morgan fingerprint density at radius 3 is 2.83 bits per heavy atom. The van der Waals surface area contributed by atoms with Gasteiger partial charge in [-0.05, 0) is 25.3 Å². The minimum absolute atomic E-state index is 0. The first-order chi connectivity index (χ1) is 7.84. The number of rotatable bonds is 7. The molecular weight excluding hydrogens is 293 g/mol. The topological polar surface area (TPSA) is 54.0 Å². The maximum atomic E-state index is 11.4. The molecule has 1 aliphatic rings. The normalized spacial score (nSPS) is 13.3. The Bertz CT molecular complexity index is 331. The summed E-state index contributed by atoms with van der Waals surface area (Å²) in [7, 11) is 0. The molecule has 0 spiro atoms. The fourth-order valence-electron chi connectivity index (χ4n) is 1.47. The van der Waals surface area contributed by atoms with E-state index in [9.17, 15) is 4.79 Å². The van der Waals surface area contributed by atoms with Gasteiger partial charge in [0.25, 0.3) is 0 Å². The molecule has 0 radical (unpaired) electrons. The minimum atomic E-state index is 0. The van der Waals surface area contributed by atoms with Crippen LogP contribution >= 0.6 is 36.2 Å². The SMILES string of the molecule is Cl.Cl.O=C(CNCC1CC1)NCCc1cscn1. The number of hydrogen-bond donors (Lipinski definition) is 2. The van der Waals surface area contributed by atoms with E-state index in [4.69, 9.17) is 0 Å². The van der Waals surface area contributed by atoms with E-state index in [-0.39, 0.29) is 30.7 Å². The molecule has 1 aliphatic carbocycles. The van der Waals surface area contributed by atoms with Crippen LogP contribution in [0.15, 0.2) is 10.9 Å². The highest BCUT2D eigenvalue weighted by Gasteiger charge is 2.20. The number of hydrogen-bond acceptors (Lipinski definition) is 4. The van der Waals surface area contributed by atoms with Gasteiger partial charge in [0.1, 0.15) is 0 Å². The van der Waals surface area contributed by atoms with E-state index in [0.717, 1.165) is 24.6 Å². The van der Waals surface area contributed by atoms with Crippen LogP contribution in [-0.4, -0.2) is 30.5 Å². The summed E-state index contributed by atoms with van der Waals surface area (Å²) >= 11 is 1.59. The number of nitrogens with one attached hydrogen (secondary N) is 2. The van der Waals surface area contributed by atoms with E-state index < -0.39 is 0 Å². The second-order valence-electron chi connectivity index (χ2n) is 4.15. The molecule has 1 aromatic heterocycles. The average Bonchev–Trinajstić information content (AvgIpc) is 2.94. The zero-order chi connectivity index (χ0) is 11.2. The van der Waals surface area contributed by atoms with Crippen molar-refractivity contribution >= 4 is 42.1 Å². The van der Waals surface area contributed by atoms with Gasteiger partial charge in [-0.15, -0.1) is 36.2 Å². The Kier molecular flexibility index (Phi) is 9.36. The van der Waals surface area contributed by atoms with Gasteiger partial charge in [0, 0.05) is 18.3 Å². The molecule has 0 saturated heterocycles. The van der Waals surface area contributed by atoms with Crippen LogP contribution in [0.3, 0.4) is 0 Å². The van der Waals surface area contributed by atoms with Crippen molar-refractivity contribution in [2.45, 2.75) is 19.3 Å². The highest BCUT2D eigenvalue weighted by Crippen LogP contribution is 2.27. The highest BCUT2D eigenvalue weighted by molar-refractivity contribution is 7.07. The van der Waals surface area contributed by atoms with Crippen molar-refractivity contribution in [1.82, 2.24) is 15.6 Å². The Hall–Kier alpha value is -0.360. The van der Waals surface area contributed by atoms with Crippen molar-refractivity contribution in [3.63, 3.8) is 0 Å². The number of nitrogens with zero attached hydrogens (tertiary/aromatic N) is 1. The molecule has 7 heteroatoms. The molecule has 0 atom stereocenters. The van der Waals surface area contributed by atoms with Crippen LogP contribution in [0.1, 0.15) is 18.5 Å². The van der Waals surface area contributed by atoms with Gasteiger partial charge >= 0.3 is 0 Å². The third-order valence-electron chi connectivity index (χ3n) is 2.60. The number of carbonyl (C=O) groups excluding carboxylic acids is 1. The smallest absolute Gasteiger partial charge is 0.233 e. The summed E-state index contributed by atoms with van der Waals surface area (Å²) in [5.74, 6) is 0.902. The van der Waals surface area contributed by atoms with E-state index in [1.165, 1.54) is 12.8 Å². The first-order valence-electron chi connectivity index (χ1n) is 5.69. The standard InChI is InChI=1S/C11H17N3OS.2ClH/c15-11(6-12-5-9-1-2-9)13-4-3-10-7-16-8-14-10;;/h7-9,12H,1-6H2,(H,13,15);2*1H. The summed E-state index contributed by atoms with van der Waals surface area (Å²) in [6, 6.07) is 0. The molecule has 4 nitrogen and oxygen atoms in total. The lowest BCUT2D eigenvalue weighted by molar-refractivity contribution is -0.120. The molecule has 1 saturated carbocycles. The van der Waals surface area contributed by atoms with Crippen molar-refractivity contribution < 1.29 is 4.79 Å². The van der Waals surface area contributed by atoms with Gasteiger partial charge in [-0.3, -0.25) is 4.79 Å². The van der Waals surface area contributed by atoms with Crippen molar-refractivity contribution in [3.8, 4) is 0 Å². The van der Waals surface area contributed by atoms with Crippen LogP contribution in [0, 0.1) is 5.92 Å². The Balaban J connectivity index is 0.00000144. The monoisotopic (exact) mass is 311 g/mol. The zero-order valence-electron chi connectivity index (χ0n) is 10.1. The van der Waals surface area contributed by atoms with E-state index in [2.05, 4.69) is 15.6 Å². The molecule has 1 aromatic rings. The van der Waals surface area contributed by atoms with Gasteiger partial charge in [-0.1, -0.05) is 0 Å². The Morgan fingerprint density at radius 2 is 2.22 bits per heavy atom. The number of carbonyl (C=O) groups is 1. The van der Waals surface area contributed by atoms with Crippen LogP contribution in [0.2, 0.25) is 0 Å². The third kappa shape index (κ3) is 7.16. The molecule has 1 fully saturated rings. The van der Waals surface area contributed by atoms with Gasteiger partial charge in [0.15, 0.2) is 0 Å².